The van der Waals surface area contributed by atoms with Gasteiger partial charge in [0.2, 0.25) is 0 Å². The molecular formula is C18H18N2O4S. The molecule has 3 rings (SSSR count). The summed E-state index contributed by atoms with van der Waals surface area (Å²) in [5.41, 5.74) is 0.431. The lowest BCUT2D eigenvalue weighted by molar-refractivity contribution is 0.0280. The molecule has 0 amide bonds. The highest BCUT2D eigenvalue weighted by Crippen LogP contribution is 2.26. The third-order valence-electron chi connectivity index (χ3n) is 3.27. The average Bonchev–Trinajstić information content (AvgIpc) is 3.26. The number of hydrogen-bond donors (Lipinski definition) is 0. The third kappa shape index (κ3) is 4.24. The predicted octanol–water partition coefficient (Wildman–Crippen LogP) is 4.50. The van der Waals surface area contributed by atoms with Crippen LogP contribution in [0.5, 0.6) is 5.75 Å². The van der Waals surface area contributed by atoms with Crippen molar-refractivity contribution in [3.05, 3.63) is 53.2 Å². The summed E-state index contributed by atoms with van der Waals surface area (Å²) in [7, 11) is 0. The van der Waals surface area contributed by atoms with E-state index < -0.39 is 12.1 Å². The van der Waals surface area contributed by atoms with Crippen LogP contribution in [0, 0.1) is 0 Å². The molecule has 3 aromatic rings. The van der Waals surface area contributed by atoms with Crippen molar-refractivity contribution in [2.24, 2.45) is 0 Å². The summed E-state index contributed by atoms with van der Waals surface area (Å²) in [5.74, 6) is 0.927. The Balaban J connectivity index is 1.64. The number of ether oxygens (including phenoxy) is 2. The molecule has 0 unspecified atom stereocenters. The number of carbonyl (C=O) groups excluding carboxylic acids is 1. The van der Waals surface area contributed by atoms with Crippen molar-refractivity contribution in [1.82, 2.24) is 10.2 Å². The lowest BCUT2D eigenvalue weighted by Gasteiger charge is -2.11. The molecule has 0 aliphatic heterocycles. The standard InChI is InChI=1S/C18H18N2O4S/c1-11(2)22-14-8-6-13(7-9-14)18(21)23-12(3)16-19-20-17(24-16)15-5-4-10-25-15/h4-12H,1-3H3/t12-/m1/s1. The van der Waals surface area contributed by atoms with E-state index in [-0.39, 0.29) is 12.0 Å². The van der Waals surface area contributed by atoms with E-state index in [1.807, 2.05) is 31.4 Å². The Hall–Kier alpha value is -2.67. The highest BCUT2D eigenvalue weighted by molar-refractivity contribution is 7.13. The van der Waals surface area contributed by atoms with Crippen LogP contribution in [0.4, 0.5) is 0 Å². The van der Waals surface area contributed by atoms with E-state index in [0.717, 1.165) is 4.88 Å². The molecule has 6 nitrogen and oxygen atoms in total. The SMILES string of the molecule is CC(C)Oc1ccc(C(=O)O[C@H](C)c2nnc(-c3cccs3)o2)cc1. The van der Waals surface area contributed by atoms with Gasteiger partial charge in [0.15, 0.2) is 6.10 Å². The van der Waals surface area contributed by atoms with Crippen LogP contribution >= 0.6 is 11.3 Å². The third-order valence-corrected chi connectivity index (χ3v) is 4.12. The zero-order chi connectivity index (χ0) is 17.8. The molecule has 0 spiro atoms. The van der Waals surface area contributed by atoms with Gasteiger partial charge in [-0.05, 0) is 56.5 Å². The quantitative estimate of drug-likeness (QED) is 0.604. The van der Waals surface area contributed by atoms with Crippen LogP contribution in [0.3, 0.4) is 0 Å². The van der Waals surface area contributed by atoms with Gasteiger partial charge in [-0.25, -0.2) is 4.79 Å². The number of esters is 1. The van der Waals surface area contributed by atoms with Crippen molar-refractivity contribution in [3.63, 3.8) is 0 Å². The molecule has 2 heterocycles. The van der Waals surface area contributed by atoms with E-state index in [9.17, 15) is 4.79 Å². The van der Waals surface area contributed by atoms with E-state index in [1.165, 1.54) is 11.3 Å². The topological polar surface area (TPSA) is 74.5 Å². The van der Waals surface area contributed by atoms with E-state index in [4.69, 9.17) is 13.9 Å². The lowest BCUT2D eigenvalue weighted by Crippen LogP contribution is -2.10. The Labute approximate surface area is 149 Å². The van der Waals surface area contributed by atoms with Crippen LogP contribution in [0.25, 0.3) is 10.8 Å². The summed E-state index contributed by atoms with van der Waals surface area (Å²) in [6.07, 6.45) is -0.562. The van der Waals surface area contributed by atoms with Crippen molar-refractivity contribution < 1.29 is 18.7 Å². The van der Waals surface area contributed by atoms with Crippen molar-refractivity contribution in [2.75, 3.05) is 0 Å². The summed E-state index contributed by atoms with van der Waals surface area (Å²) in [6, 6.07) is 10.6. The van der Waals surface area contributed by atoms with E-state index in [0.29, 0.717) is 17.2 Å². The molecular weight excluding hydrogens is 340 g/mol. The molecule has 1 atom stereocenters. The van der Waals surface area contributed by atoms with Crippen molar-refractivity contribution in [3.8, 4) is 16.5 Å². The second-order valence-electron chi connectivity index (χ2n) is 5.66. The van der Waals surface area contributed by atoms with Gasteiger partial charge in [0.1, 0.15) is 5.75 Å². The molecule has 130 valence electrons. The molecule has 7 heteroatoms. The second-order valence-corrected chi connectivity index (χ2v) is 6.61. The van der Waals surface area contributed by atoms with Crippen molar-refractivity contribution in [2.45, 2.75) is 33.0 Å². The largest absolute Gasteiger partial charge is 0.491 e. The summed E-state index contributed by atoms with van der Waals surface area (Å²) >= 11 is 1.50. The van der Waals surface area contributed by atoms with Gasteiger partial charge in [0.25, 0.3) is 11.8 Å². The van der Waals surface area contributed by atoms with Gasteiger partial charge < -0.3 is 13.9 Å². The molecule has 0 aliphatic rings. The predicted molar refractivity (Wildman–Crippen MR) is 93.6 cm³/mol. The monoisotopic (exact) mass is 358 g/mol. The molecule has 0 aliphatic carbocycles. The first-order valence-corrected chi connectivity index (χ1v) is 8.76. The smallest absolute Gasteiger partial charge is 0.338 e. The summed E-state index contributed by atoms with van der Waals surface area (Å²) in [4.78, 5) is 13.1. The first-order valence-electron chi connectivity index (χ1n) is 7.88. The van der Waals surface area contributed by atoms with E-state index in [2.05, 4.69) is 10.2 Å². The molecule has 0 saturated heterocycles. The fraction of sp³-hybridized carbons (Fsp3) is 0.278. The molecule has 2 aromatic heterocycles. The van der Waals surface area contributed by atoms with Gasteiger partial charge in [-0.3, -0.25) is 0 Å². The molecule has 0 fully saturated rings. The summed E-state index contributed by atoms with van der Waals surface area (Å²) in [6.45, 7) is 5.58. The first kappa shape index (κ1) is 17.2. The van der Waals surface area contributed by atoms with Crippen LogP contribution < -0.4 is 4.74 Å². The van der Waals surface area contributed by atoms with Gasteiger partial charge in [-0.15, -0.1) is 21.5 Å². The van der Waals surface area contributed by atoms with Crippen molar-refractivity contribution in [1.29, 1.82) is 0 Å². The summed E-state index contributed by atoms with van der Waals surface area (Å²) in [5, 5.41) is 9.87. The number of thiophene rings is 1. The molecule has 25 heavy (non-hydrogen) atoms. The number of aromatic nitrogens is 2. The van der Waals surface area contributed by atoms with Crippen LogP contribution in [0.15, 0.2) is 46.2 Å². The maximum absolute atomic E-state index is 12.2. The minimum absolute atomic E-state index is 0.0768. The van der Waals surface area contributed by atoms with Gasteiger partial charge in [0.05, 0.1) is 16.5 Å². The average molecular weight is 358 g/mol. The normalized spacial score (nSPS) is 12.2. The Morgan fingerprint density at radius 1 is 1.12 bits per heavy atom. The number of hydrogen-bond acceptors (Lipinski definition) is 7. The number of benzene rings is 1. The minimum Gasteiger partial charge on any atom is -0.491 e. The summed E-state index contributed by atoms with van der Waals surface area (Å²) < 4.78 is 16.5. The molecule has 0 saturated carbocycles. The number of rotatable bonds is 6. The van der Waals surface area contributed by atoms with Crippen LogP contribution in [-0.4, -0.2) is 22.3 Å². The van der Waals surface area contributed by atoms with E-state index >= 15 is 0 Å². The van der Waals surface area contributed by atoms with Gasteiger partial charge in [-0.1, -0.05) is 6.07 Å². The van der Waals surface area contributed by atoms with Gasteiger partial charge >= 0.3 is 5.97 Å². The molecule has 0 radical (unpaired) electrons. The molecule has 1 aromatic carbocycles. The fourth-order valence-corrected chi connectivity index (χ4v) is 2.76. The Morgan fingerprint density at radius 3 is 2.52 bits per heavy atom. The maximum atomic E-state index is 12.2. The highest BCUT2D eigenvalue weighted by atomic mass is 32.1. The van der Waals surface area contributed by atoms with Gasteiger partial charge in [-0.2, -0.15) is 0 Å². The lowest BCUT2D eigenvalue weighted by atomic mass is 10.2. The minimum atomic E-state index is -0.639. The Bertz CT molecular complexity index is 825. The molecule has 0 N–H and O–H groups in total. The van der Waals surface area contributed by atoms with Crippen LogP contribution in [0.2, 0.25) is 0 Å². The van der Waals surface area contributed by atoms with Crippen LogP contribution in [0.1, 0.15) is 43.1 Å². The fourth-order valence-electron chi connectivity index (χ4n) is 2.12. The highest BCUT2D eigenvalue weighted by Gasteiger charge is 2.20. The number of carbonyl (C=O) groups is 1. The second kappa shape index (κ2) is 7.48. The van der Waals surface area contributed by atoms with Gasteiger partial charge in [0, 0.05) is 0 Å². The maximum Gasteiger partial charge on any atom is 0.338 e. The first-order chi connectivity index (χ1) is 12.0. The number of nitrogens with zero attached hydrogens (tertiary/aromatic N) is 2. The Morgan fingerprint density at radius 2 is 1.88 bits per heavy atom. The Kier molecular flexibility index (Phi) is 5.14. The van der Waals surface area contributed by atoms with E-state index in [1.54, 1.807) is 31.2 Å². The van der Waals surface area contributed by atoms with Crippen molar-refractivity contribution >= 4 is 17.3 Å². The zero-order valence-corrected chi connectivity index (χ0v) is 14.9. The van der Waals surface area contributed by atoms with Crippen LogP contribution in [-0.2, 0) is 4.74 Å². The zero-order valence-electron chi connectivity index (χ0n) is 14.1. The molecule has 0 bridgehead atoms.